The van der Waals surface area contributed by atoms with E-state index in [1.165, 1.54) is 0 Å². The number of alkyl halides is 3. The number of halogens is 4. The van der Waals surface area contributed by atoms with Crippen molar-refractivity contribution in [1.82, 2.24) is 9.66 Å². The lowest BCUT2D eigenvalue weighted by molar-refractivity contribution is -0.138. The molecule has 0 saturated heterocycles. The molecule has 2 aromatic heterocycles. The Morgan fingerprint density at radius 3 is 2.10 bits per heavy atom. The highest BCUT2D eigenvalue weighted by atomic mass is 79.9. The topological polar surface area (TPSA) is 70.3 Å². The van der Waals surface area contributed by atoms with E-state index in [2.05, 4.69) is 26.3 Å². The van der Waals surface area contributed by atoms with E-state index in [-0.39, 0.29) is 22.2 Å². The summed E-state index contributed by atoms with van der Waals surface area (Å²) >= 11 is 2.75. The zero-order valence-corrected chi connectivity index (χ0v) is 12.5. The van der Waals surface area contributed by atoms with Crippen molar-refractivity contribution in [3.8, 4) is 11.8 Å². The minimum Gasteiger partial charge on any atom is -0.493 e. The van der Waals surface area contributed by atoms with Crippen molar-refractivity contribution in [2.75, 3.05) is 5.43 Å². The van der Waals surface area contributed by atoms with Gasteiger partial charge in [0.2, 0.25) is 11.8 Å². The number of rotatable bonds is 2. The second-order valence-corrected chi connectivity index (χ2v) is 5.13. The molecule has 0 atom stereocenters. The van der Waals surface area contributed by atoms with Crippen LogP contribution in [0.1, 0.15) is 16.7 Å². The van der Waals surface area contributed by atoms with Crippen molar-refractivity contribution < 1.29 is 23.4 Å². The molecule has 9 heteroatoms. The number of anilines is 1. The fourth-order valence-corrected chi connectivity index (χ4v) is 2.25. The summed E-state index contributed by atoms with van der Waals surface area (Å²) in [5, 5.41) is 19.7. The van der Waals surface area contributed by atoms with Crippen LogP contribution in [0.25, 0.3) is 0 Å². The highest BCUT2D eigenvalue weighted by Gasteiger charge is 2.33. The van der Waals surface area contributed by atoms with Gasteiger partial charge < -0.3 is 10.2 Å². The first-order valence-corrected chi connectivity index (χ1v) is 6.52. The lowest BCUT2D eigenvalue weighted by Gasteiger charge is -2.12. The van der Waals surface area contributed by atoms with Gasteiger partial charge in [-0.1, -0.05) is 0 Å². The molecule has 2 rings (SSSR count). The van der Waals surface area contributed by atoms with Gasteiger partial charge in [0.15, 0.2) is 0 Å². The van der Waals surface area contributed by atoms with Crippen molar-refractivity contribution in [1.29, 1.82) is 0 Å². The Bertz CT molecular complexity index is 673. The smallest absolute Gasteiger partial charge is 0.419 e. The van der Waals surface area contributed by atoms with Crippen molar-refractivity contribution >= 4 is 21.7 Å². The summed E-state index contributed by atoms with van der Waals surface area (Å²) in [6.07, 6.45) is -4.52. The minimum atomic E-state index is -4.52. The Morgan fingerprint density at radius 2 is 1.67 bits per heavy atom. The summed E-state index contributed by atoms with van der Waals surface area (Å²) < 4.78 is 38.4. The number of pyridine rings is 1. The molecule has 2 aromatic rings. The molecule has 3 N–H and O–H groups in total. The van der Waals surface area contributed by atoms with E-state index in [1.54, 1.807) is 13.8 Å². The summed E-state index contributed by atoms with van der Waals surface area (Å²) in [4.78, 5) is 3.70. The van der Waals surface area contributed by atoms with E-state index in [0.29, 0.717) is 11.1 Å². The molecule has 0 aromatic carbocycles. The molecule has 0 radical (unpaired) electrons. The molecule has 0 unspecified atom stereocenters. The van der Waals surface area contributed by atoms with Gasteiger partial charge in [-0.05, 0) is 41.9 Å². The third kappa shape index (κ3) is 2.78. The molecular formula is C12H11BrF3N3O2. The standard InChI is InChI=1S/C12H11BrF3N3O2/c1-5-6(2)11(21)19(10(5)20)18-8-4-3-7(9(13)17-8)12(14,15)16/h3-4,20-21H,1-2H3,(H,17,18). The van der Waals surface area contributed by atoms with E-state index < -0.39 is 11.7 Å². The Labute approximate surface area is 126 Å². The van der Waals surface area contributed by atoms with Gasteiger partial charge in [-0.3, -0.25) is 5.43 Å². The molecule has 2 heterocycles. The van der Waals surface area contributed by atoms with E-state index >= 15 is 0 Å². The highest BCUT2D eigenvalue weighted by Crippen LogP contribution is 2.35. The monoisotopic (exact) mass is 365 g/mol. The molecule has 0 saturated carbocycles. The van der Waals surface area contributed by atoms with Gasteiger partial charge in [0.05, 0.1) is 5.56 Å². The van der Waals surface area contributed by atoms with Crippen molar-refractivity contribution in [2.24, 2.45) is 0 Å². The van der Waals surface area contributed by atoms with E-state index in [4.69, 9.17) is 0 Å². The Hall–Kier alpha value is -1.90. The van der Waals surface area contributed by atoms with Gasteiger partial charge >= 0.3 is 6.18 Å². The lowest BCUT2D eigenvalue weighted by Crippen LogP contribution is -2.12. The molecule has 0 aliphatic rings. The molecular weight excluding hydrogens is 355 g/mol. The summed E-state index contributed by atoms with van der Waals surface area (Å²) in [6.45, 7) is 3.19. The van der Waals surface area contributed by atoms with Gasteiger partial charge in [-0.15, -0.1) is 0 Å². The maximum Gasteiger partial charge on any atom is 0.419 e. The lowest BCUT2D eigenvalue weighted by atomic mass is 10.2. The summed E-state index contributed by atoms with van der Waals surface area (Å²) in [6, 6.07) is 1.94. The first kappa shape index (κ1) is 15.5. The van der Waals surface area contributed by atoms with Crippen molar-refractivity contribution in [3.63, 3.8) is 0 Å². The number of aromatic hydroxyl groups is 2. The summed E-state index contributed by atoms with van der Waals surface area (Å²) in [7, 11) is 0. The van der Waals surface area contributed by atoms with Crippen LogP contribution in [0.5, 0.6) is 11.8 Å². The van der Waals surface area contributed by atoms with E-state index in [0.717, 1.165) is 16.8 Å². The maximum atomic E-state index is 12.6. The van der Waals surface area contributed by atoms with Gasteiger partial charge in [-0.2, -0.15) is 17.8 Å². The number of hydrogen-bond acceptors (Lipinski definition) is 4. The van der Waals surface area contributed by atoms with Gasteiger partial charge in [0.1, 0.15) is 10.4 Å². The first-order valence-electron chi connectivity index (χ1n) is 5.73. The Balaban J connectivity index is 2.38. The fourth-order valence-electron chi connectivity index (χ4n) is 1.70. The average Bonchev–Trinajstić information content (AvgIpc) is 2.55. The van der Waals surface area contributed by atoms with E-state index in [1.807, 2.05) is 0 Å². The fraction of sp³-hybridized carbons (Fsp3) is 0.250. The molecule has 114 valence electrons. The second-order valence-electron chi connectivity index (χ2n) is 4.38. The zero-order valence-electron chi connectivity index (χ0n) is 11.0. The predicted octanol–water partition coefficient (Wildman–Crippen LogP) is 3.57. The largest absolute Gasteiger partial charge is 0.493 e. The summed E-state index contributed by atoms with van der Waals surface area (Å²) in [5.41, 5.74) is 2.51. The van der Waals surface area contributed by atoms with Crippen LogP contribution in [-0.2, 0) is 6.18 Å². The van der Waals surface area contributed by atoms with Crippen LogP contribution >= 0.6 is 15.9 Å². The average molecular weight is 366 g/mol. The van der Waals surface area contributed by atoms with Crippen LogP contribution < -0.4 is 5.43 Å². The molecule has 0 amide bonds. The molecule has 0 fully saturated rings. The predicted molar refractivity (Wildman–Crippen MR) is 73.2 cm³/mol. The van der Waals surface area contributed by atoms with Gasteiger partial charge in [0.25, 0.3) is 0 Å². The first-order chi connectivity index (χ1) is 9.62. The number of hydrogen-bond donors (Lipinski definition) is 3. The molecule has 0 bridgehead atoms. The highest BCUT2D eigenvalue weighted by molar-refractivity contribution is 9.10. The SMILES string of the molecule is Cc1c(C)c(O)n(Nc2ccc(C(F)(F)F)c(Br)n2)c1O. The molecule has 0 spiro atoms. The minimum absolute atomic E-state index is 0.0236. The molecule has 0 aliphatic carbocycles. The van der Waals surface area contributed by atoms with Crippen LogP contribution in [0, 0.1) is 13.8 Å². The van der Waals surface area contributed by atoms with E-state index in [9.17, 15) is 23.4 Å². The number of aromatic nitrogens is 2. The van der Waals surface area contributed by atoms with Crippen molar-refractivity contribution in [2.45, 2.75) is 20.0 Å². The quantitative estimate of drug-likeness (QED) is 0.711. The van der Waals surface area contributed by atoms with Gasteiger partial charge in [-0.25, -0.2) is 4.98 Å². The van der Waals surface area contributed by atoms with Crippen LogP contribution in [0.15, 0.2) is 16.7 Å². The Morgan fingerprint density at radius 1 is 1.14 bits per heavy atom. The normalized spacial score (nSPS) is 11.7. The van der Waals surface area contributed by atoms with Crippen LogP contribution in [-0.4, -0.2) is 19.9 Å². The van der Waals surface area contributed by atoms with Crippen LogP contribution in [0.3, 0.4) is 0 Å². The maximum absolute atomic E-state index is 12.6. The molecule has 21 heavy (non-hydrogen) atoms. The van der Waals surface area contributed by atoms with Crippen molar-refractivity contribution in [3.05, 3.63) is 33.4 Å². The second kappa shape index (κ2) is 5.14. The van der Waals surface area contributed by atoms with Crippen LogP contribution in [0.4, 0.5) is 19.0 Å². The number of nitrogens with one attached hydrogen (secondary N) is 1. The summed E-state index contributed by atoms with van der Waals surface area (Å²) in [5.74, 6) is -0.471. The van der Waals surface area contributed by atoms with Gasteiger partial charge in [0, 0.05) is 11.1 Å². The number of nitrogens with zero attached hydrogens (tertiary/aromatic N) is 2. The third-order valence-electron chi connectivity index (χ3n) is 3.04. The van der Waals surface area contributed by atoms with Crippen LogP contribution in [0.2, 0.25) is 0 Å². The zero-order chi connectivity index (χ0) is 15.9. The third-order valence-corrected chi connectivity index (χ3v) is 3.64. The molecule has 0 aliphatic heterocycles. The Kier molecular flexibility index (Phi) is 3.79. The molecule has 5 nitrogen and oxygen atoms in total.